The fraction of sp³-hybridized carbons (Fsp3) is 0.519. The minimum Gasteiger partial charge on any atom is -0.444 e. The van der Waals surface area contributed by atoms with Gasteiger partial charge in [-0.2, -0.15) is 0 Å². The highest BCUT2D eigenvalue weighted by Crippen LogP contribution is 2.51. The molecule has 2 aliphatic rings. The van der Waals surface area contributed by atoms with E-state index >= 15 is 0 Å². The van der Waals surface area contributed by atoms with E-state index in [0.717, 1.165) is 36.1 Å². The van der Waals surface area contributed by atoms with E-state index in [1.54, 1.807) is 0 Å². The molecule has 4 nitrogen and oxygen atoms in total. The van der Waals surface area contributed by atoms with Gasteiger partial charge in [-0.3, -0.25) is 0 Å². The number of carbonyl (C=O) groups excluding carboxylic acids is 1. The lowest BCUT2D eigenvalue weighted by Gasteiger charge is -2.42. The third-order valence-electron chi connectivity index (χ3n) is 7.28. The third-order valence-corrected chi connectivity index (χ3v) is 11.8. The van der Waals surface area contributed by atoms with Crippen molar-refractivity contribution in [3.05, 3.63) is 60.7 Å². The van der Waals surface area contributed by atoms with Crippen LogP contribution in [0.5, 0.6) is 0 Å². The highest BCUT2D eigenvalue weighted by atomic mass is 28.4. The molecule has 1 aliphatic carbocycles. The van der Waals surface area contributed by atoms with Gasteiger partial charge in [0, 0.05) is 12.1 Å². The van der Waals surface area contributed by atoms with E-state index < -0.39 is 13.9 Å². The number of benzene rings is 2. The van der Waals surface area contributed by atoms with Crippen LogP contribution in [0.3, 0.4) is 0 Å². The molecule has 1 N–H and O–H groups in total. The number of amides is 1. The van der Waals surface area contributed by atoms with Crippen LogP contribution in [0.15, 0.2) is 60.7 Å². The molecule has 172 valence electrons. The van der Waals surface area contributed by atoms with Gasteiger partial charge in [0.25, 0.3) is 8.32 Å². The van der Waals surface area contributed by atoms with Gasteiger partial charge < -0.3 is 14.4 Å². The Balaban J connectivity index is 1.56. The van der Waals surface area contributed by atoms with E-state index in [1.807, 2.05) is 62.1 Å². The van der Waals surface area contributed by atoms with Crippen LogP contribution < -0.4 is 10.4 Å². The molecule has 1 saturated heterocycles. The van der Waals surface area contributed by atoms with Crippen LogP contribution >= 0.6 is 0 Å². The molecule has 1 saturated carbocycles. The van der Waals surface area contributed by atoms with Gasteiger partial charge in [-0.15, -0.1) is 0 Å². The quantitative estimate of drug-likeness (QED) is 0.648. The molecule has 1 heterocycles. The van der Waals surface area contributed by atoms with Gasteiger partial charge in [-0.25, -0.2) is 4.79 Å². The number of rotatable bonds is 6. The van der Waals surface area contributed by atoms with Gasteiger partial charge in [0.15, 0.2) is 0 Å². The van der Waals surface area contributed by atoms with Crippen molar-refractivity contribution in [3.63, 3.8) is 0 Å². The normalized spacial score (nSPS) is 23.1. The number of nitrogens with zero attached hydrogens (tertiary/aromatic N) is 1. The molecule has 0 spiro atoms. The summed E-state index contributed by atoms with van der Waals surface area (Å²) in [6.45, 7) is 10.2. The largest absolute Gasteiger partial charge is 0.444 e. The van der Waals surface area contributed by atoms with Crippen molar-refractivity contribution in [1.82, 2.24) is 4.90 Å². The van der Waals surface area contributed by atoms with Gasteiger partial charge in [0.1, 0.15) is 5.60 Å². The Morgan fingerprint density at radius 3 is 2.00 bits per heavy atom. The Labute approximate surface area is 193 Å². The van der Waals surface area contributed by atoms with Gasteiger partial charge in [0.05, 0.1) is 0 Å². The van der Waals surface area contributed by atoms with E-state index in [1.165, 1.54) is 0 Å². The zero-order chi connectivity index (χ0) is 23.1. The zero-order valence-corrected chi connectivity index (χ0v) is 21.0. The molecule has 2 fully saturated rings. The summed E-state index contributed by atoms with van der Waals surface area (Å²) in [6.07, 6.45) is 3.71. The van der Waals surface area contributed by atoms with Crippen LogP contribution in [-0.4, -0.2) is 41.8 Å². The van der Waals surface area contributed by atoms with Gasteiger partial charge in [0.2, 0.25) is 0 Å². The van der Waals surface area contributed by atoms with Crippen LogP contribution in [0.1, 0.15) is 60.3 Å². The zero-order valence-electron chi connectivity index (χ0n) is 20.0. The molecule has 1 amide bonds. The first-order valence-electron chi connectivity index (χ1n) is 11.9. The van der Waals surface area contributed by atoms with Crippen molar-refractivity contribution in [2.75, 3.05) is 0 Å². The first-order valence-corrected chi connectivity index (χ1v) is 13.8. The van der Waals surface area contributed by atoms with E-state index in [-0.39, 0.29) is 17.2 Å². The number of hydrogen-bond donors (Lipinski definition) is 1. The molecular formula is C27H37NO3Si. The predicted molar refractivity (Wildman–Crippen MR) is 132 cm³/mol. The molecule has 2 aromatic carbocycles. The van der Waals surface area contributed by atoms with Gasteiger partial charge in [-0.05, 0) is 67.8 Å². The molecular weight excluding hydrogens is 414 g/mol. The highest BCUT2D eigenvalue weighted by Gasteiger charge is 2.56. The molecule has 0 bridgehead atoms. The third kappa shape index (κ3) is 4.37. The van der Waals surface area contributed by atoms with Crippen molar-refractivity contribution in [2.45, 2.75) is 83.0 Å². The first kappa shape index (κ1) is 23.1. The Hall–Kier alpha value is -2.11. The van der Waals surface area contributed by atoms with Crippen LogP contribution in [0.2, 0.25) is 5.04 Å². The lowest BCUT2D eigenvalue weighted by molar-refractivity contribution is 0.0173. The van der Waals surface area contributed by atoms with Crippen molar-refractivity contribution >= 4 is 24.8 Å². The molecule has 0 aromatic heterocycles. The minimum atomic E-state index is -3.03. The Bertz CT molecular complexity index is 899. The number of piperidine rings is 1. The highest BCUT2D eigenvalue weighted by molar-refractivity contribution is 6.98. The van der Waals surface area contributed by atoms with Crippen LogP contribution in [0.25, 0.3) is 0 Å². The molecule has 0 radical (unpaired) electrons. The van der Waals surface area contributed by atoms with Crippen LogP contribution in [0.4, 0.5) is 4.79 Å². The lowest BCUT2D eigenvalue weighted by Crippen LogP contribution is -2.65. The second kappa shape index (κ2) is 8.34. The second-order valence-electron chi connectivity index (χ2n) is 11.2. The van der Waals surface area contributed by atoms with E-state index in [0.29, 0.717) is 12.0 Å². The summed E-state index contributed by atoms with van der Waals surface area (Å²) >= 11 is 0. The van der Waals surface area contributed by atoms with Crippen LogP contribution in [-0.2, 0) is 4.74 Å². The van der Waals surface area contributed by atoms with Crippen LogP contribution in [0, 0.1) is 5.92 Å². The maximum Gasteiger partial charge on any atom is 0.410 e. The van der Waals surface area contributed by atoms with Crippen molar-refractivity contribution in [2.24, 2.45) is 5.92 Å². The molecule has 2 aromatic rings. The lowest BCUT2D eigenvalue weighted by atomic mass is 9.99. The maximum absolute atomic E-state index is 12.9. The van der Waals surface area contributed by atoms with Crippen molar-refractivity contribution in [3.8, 4) is 0 Å². The minimum absolute atomic E-state index is 0.177. The smallest absolute Gasteiger partial charge is 0.410 e. The van der Waals surface area contributed by atoms with Gasteiger partial charge >= 0.3 is 6.09 Å². The molecule has 4 rings (SSSR count). The summed E-state index contributed by atoms with van der Waals surface area (Å²) in [7, 11) is -3.03. The Morgan fingerprint density at radius 2 is 1.50 bits per heavy atom. The molecule has 3 atom stereocenters. The average Bonchev–Trinajstić information content (AvgIpc) is 3.41. The second-order valence-corrected chi connectivity index (χ2v) is 15.1. The molecule has 1 aliphatic heterocycles. The number of carbonyl (C=O) groups is 1. The average molecular weight is 452 g/mol. The summed E-state index contributed by atoms with van der Waals surface area (Å²) < 4.78 is 5.73. The summed E-state index contributed by atoms with van der Waals surface area (Å²) in [4.78, 5) is 27.3. The SMILES string of the molecule is CC(C)(C)OC(=O)N1C2CC2C[C@@H]1CCC(C)(C)[Si](O)(c1ccccc1)c1ccccc1. The number of likely N-dealkylation sites (tertiary alicyclic amines) is 1. The Kier molecular flexibility index (Phi) is 6.01. The Morgan fingerprint density at radius 1 is 0.969 bits per heavy atom. The maximum atomic E-state index is 12.9. The number of ether oxygens (including phenoxy) is 1. The van der Waals surface area contributed by atoms with E-state index in [9.17, 15) is 9.59 Å². The monoisotopic (exact) mass is 451 g/mol. The summed E-state index contributed by atoms with van der Waals surface area (Å²) in [5.41, 5.74) is -0.484. The molecule has 32 heavy (non-hydrogen) atoms. The van der Waals surface area contributed by atoms with Crippen molar-refractivity contribution in [1.29, 1.82) is 0 Å². The number of hydrogen-bond acceptors (Lipinski definition) is 3. The summed E-state index contributed by atoms with van der Waals surface area (Å²) in [5.74, 6) is 0.620. The molecule has 5 heteroatoms. The fourth-order valence-corrected chi connectivity index (χ4v) is 9.18. The van der Waals surface area contributed by atoms with Gasteiger partial charge in [-0.1, -0.05) is 74.5 Å². The first-order chi connectivity index (χ1) is 15.0. The van der Waals surface area contributed by atoms with E-state index in [4.69, 9.17) is 4.74 Å². The standard InChI is InChI=1S/C27H37NO3Si/c1-26(2,3)31-25(29)28-21(18-20-19-24(20)28)16-17-27(4,5)32(30,22-12-8-6-9-13-22)23-14-10-7-11-15-23/h6-15,20-21,24,30H,16-19H2,1-5H3/t20?,21-,24?/m0/s1. The fourth-order valence-electron chi connectivity index (χ4n) is 5.43. The summed E-state index contributed by atoms with van der Waals surface area (Å²) in [6, 6.07) is 20.9. The molecule has 2 unspecified atom stereocenters. The van der Waals surface area contributed by atoms with E-state index in [2.05, 4.69) is 38.1 Å². The summed E-state index contributed by atoms with van der Waals surface area (Å²) in [5, 5.41) is 1.77. The van der Waals surface area contributed by atoms with Crippen molar-refractivity contribution < 1.29 is 14.3 Å². The number of fused-ring (bicyclic) bond motifs is 1. The predicted octanol–water partition coefficient (Wildman–Crippen LogP) is 4.70. The topological polar surface area (TPSA) is 49.8 Å².